The first-order valence-corrected chi connectivity index (χ1v) is 7.04. The normalized spacial score (nSPS) is 20.2. The van der Waals surface area contributed by atoms with Gasteiger partial charge in [0.15, 0.2) is 0 Å². The van der Waals surface area contributed by atoms with Crippen LogP contribution in [0.5, 0.6) is 0 Å². The van der Waals surface area contributed by atoms with Gasteiger partial charge in [0.25, 0.3) is 0 Å². The molecule has 1 saturated heterocycles. The van der Waals surface area contributed by atoms with Crippen molar-refractivity contribution >= 4 is 27.6 Å². The summed E-state index contributed by atoms with van der Waals surface area (Å²) in [5, 5.41) is 4.41. The first-order valence-electron chi connectivity index (χ1n) is 6.27. The molecule has 6 heteroatoms. The Balaban J connectivity index is 1.75. The van der Waals surface area contributed by atoms with Crippen molar-refractivity contribution in [3.63, 3.8) is 0 Å². The van der Waals surface area contributed by atoms with Crippen LogP contribution in [0.1, 0.15) is 25.0 Å². The largest absolute Gasteiger partial charge is 0.376 e. The Morgan fingerprint density at radius 1 is 1.44 bits per heavy atom. The molecule has 1 fully saturated rings. The van der Waals surface area contributed by atoms with E-state index in [0.29, 0.717) is 6.10 Å². The van der Waals surface area contributed by atoms with E-state index in [9.17, 15) is 0 Å². The molecule has 96 valence electrons. The van der Waals surface area contributed by atoms with Crippen LogP contribution in [0.4, 0.5) is 5.82 Å². The predicted octanol–water partition coefficient (Wildman–Crippen LogP) is 2.38. The summed E-state index contributed by atoms with van der Waals surface area (Å²) in [6.45, 7) is 3.68. The molecular weight excluding hydrogens is 248 g/mol. The van der Waals surface area contributed by atoms with E-state index >= 15 is 0 Å². The van der Waals surface area contributed by atoms with Crippen molar-refractivity contribution in [1.82, 2.24) is 14.3 Å². The Hall–Kier alpha value is -1.27. The van der Waals surface area contributed by atoms with Crippen LogP contribution in [0.2, 0.25) is 0 Å². The average Bonchev–Trinajstić information content (AvgIpc) is 2.80. The first-order chi connectivity index (χ1) is 8.84. The predicted molar refractivity (Wildman–Crippen MR) is 72.0 cm³/mol. The molecule has 3 rings (SSSR count). The molecule has 0 aromatic carbocycles. The van der Waals surface area contributed by atoms with Crippen molar-refractivity contribution in [2.24, 2.45) is 0 Å². The second-order valence-corrected chi connectivity index (χ2v) is 5.29. The highest BCUT2D eigenvalue weighted by atomic mass is 32.1. The molecule has 0 radical (unpaired) electrons. The number of fused-ring (bicyclic) bond motifs is 1. The van der Waals surface area contributed by atoms with E-state index < -0.39 is 0 Å². The number of hydrogen-bond acceptors (Lipinski definition) is 6. The van der Waals surface area contributed by atoms with Crippen LogP contribution in [0.15, 0.2) is 6.33 Å². The number of aromatic nitrogens is 3. The summed E-state index contributed by atoms with van der Waals surface area (Å²) in [7, 11) is 0. The zero-order valence-electron chi connectivity index (χ0n) is 10.3. The number of ether oxygens (including phenoxy) is 1. The number of rotatable bonds is 3. The molecule has 0 saturated carbocycles. The molecule has 2 aromatic heterocycles. The SMILES string of the molecule is Cc1nsc2ncnc(NCC3CCCCO3)c12. The van der Waals surface area contributed by atoms with Gasteiger partial charge in [-0.3, -0.25) is 0 Å². The lowest BCUT2D eigenvalue weighted by Crippen LogP contribution is -2.27. The summed E-state index contributed by atoms with van der Waals surface area (Å²) in [4.78, 5) is 9.48. The van der Waals surface area contributed by atoms with Crippen LogP contribution in [-0.2, 0) is 4.74 Å². The number of nitrogens with one attached hydrogen (secondary N) is 1. The van der Waals surface area contributed by atoms with Gasteiger partial charge in [-0.2, -0.15) is 4.37 Å². The molecule has 18 heavy (non-hydrogen) atoms. The van der Waals surface area contributed by atoms with E-state index in [0.717, 1.165) is 41.3 Å². The maximum absolute atomic E-state index is 5.70. The monoisotopic (exact) mass is 264 g/mol. The fourth-order valence-electron chi connectivity index (χ4n) is 2.24. The van der Waals surface area contributed by atoms with E-state index in [-0.39, 0.29) is 0 Å². The van der Waals surface area contributed by atoms with Gasteiger partial charge in [-0.05, 0) is 37.7 Å². The van der Waals surface area contributed by atoms with Crippen molar-refractivity contribution in [2.45, 2.75) is 32.3 Å². The molecule has 1 aliphatic rings. The third-order valence-corrected chi connectivity index (χ3v) is 4.06. The number of anilines is 1. The lowest BCUT2D eigenvalue weighted by Gasteiger charge is -2.23. The van der Waals surface area contributed by atoms with Crippen LogP contribution in [-0.4, -0.2) is 33.6 Å². The molecule has 0 amide bonds. The lowest BCUT2D eigenvalue weighted by molar-refractivity contribution is 0.0247. The third kappa shape index (κ3) is 2.30. The van der Waals surface area contributed by atoms with Crippen molar-refractivity contribution < 1.29 is 4.74 Å². The molecule has 0 bridgehead atoms. The van der Waals surface area contributed by atoms with Gasteiger partial charge >= 0.3 is 0 Å². The molecule has 1 N–H and O–H groups in total. The van der Waals surface area contributed by atoms with Gasteiger partial charge in [-0.25, -0.2) is 9.97 Å². The number of aryl methyl sites for hydroxylation is 1. The Labute approximate surface area is 110 Å². The van der Waals surface area contributed by atoms with Crippen molar-refractivity contribution in [3.8, 4) is 0 Å². The maximum Gasteiger partial charge on any atom is 0.149 e. The van der Waals surface area contributed by atoms with Gasteiger partial charge < -0.3 is 10.1 Å². The van der Waals surface area contributed by atoms with Crippen LogP contribution in [0.3, 0.4) is 0 Å². The summed E-state index contributed by atoms with van der Waals surface area (Å²) in [6.07, 6.45) is 5.45. The minimum atomic E-state index is 0.302. The maximum atomic E-state index is 5.70. The van der Waals surface area contributed by atoms with Crippen LogP contribution < -0.4 is 5.32 Å². The highest BCUT2D eigenvalue weighted by Crippen LogP contribution is 2.25. The molecular formula is C12H16N4OS. The van der Waals surface area contributed by atoms with Gasteiger partial charge in [-0.1, -0.05) is 0 Å². The Morgan fingerprint density at radius 2 is 2.39 bits per heavy atom. The molecule has 2 aromatic rings. The Morgan fingerprint density at radius 3 is 3.22 bits per heavy atom. The van der Waals surface area contributed by atoms with Gasteiger partial charge in [0, 0.05) is 13.2 Å². The quantitative estimate of drug-likeness (QED) is 0.922. The van der Waals surface area contributed by atoms with Crippen LogP contribution >= 0.6 is 11.5 Å². The second kappa shape index (κ2) is 5.16. The molecule has 0 aliphatic carbocycles. The highest BCUT2D eigenvalue weighted by molar-refractivity contribution is 7.13. The summed E-state index contributed by atoms with van der Waals surface area (Å²) in [5.74, 6) is 0.875. The van der Waals surface area contributed by atoms with E-state index in [2.05, 4.69) is 19.7 Å². The smallest absolute Gasteiger partial charge is 0.149 e. The van der Waals surface area contributed by atoms with E-state index in [1.165, 1.54) is 24.4 Å². The number of hydrogen-bond donors (Lipinski definition) is 1. The van der Waals surface area contributed by atoms with Gasteiger partial charge in [0.05, 0.1) is 17.2 Å². The van der Waals surface area contributed by atoms with Crippen molar-refractivity contribution in [3.05, 3.63) is 12.0 Å². The van der Waals surface area contributed by atoms with Gasteiger partial charge in [-0.15, -0.1) is 0 Å². The van der Waals surface area contributed by atoms with Crippen LogP contribution in [0.25, 0.3) is 10.2 Å². The van der Waals surface area contributed by atoms with E-state index in [4.69, 9.17) is 4.74 Å². The molecule has 1 atom stereocenters. The third-order valence-electron chi connectivity index (χ3n) is 3.21. The first kappa shape index (κ1) is 11.8. The highest BCUT2D eigenvalue weighted by Gasteiger charge is 2.15. The molecule has 0 spiro atoms. The summed E-state index contributed by atoms with van der Waals surface area (Å²) >= 11 is 1.42. The van der Waals surface area contributed by atoms with Gasteiger partial charge in [0.2, 0.25) is 0 Å². The van der Waals surface area contributed by atoms with Crippen LogP contribution in [0, 0.1) is 6.92 Å². The van der Waals surface area contributed by atoms with E-state index in [1.807, 2.05) is 6.92 Å². The Bertz CT molecular complexity index is 536. The molecule has 1 aliphatic heterocycles. The Kier molecular flexibility index (Phi) is 3.38. The minimum absolute atomic E-state index is 0.302. The summed E-state index contributed by atoms with van der Waals surface area (Å²) in [6, 6.07) is 0. The standard InChI is InChI=1S/C12H16N4OS/c1-8-10-11(14-7-15-12(10)18-16-8)13-6-9-4-2-3-5-17-9/h7,9H,2-6H2,1H3,(H,13,14,15). The zero-order valence-corrected chi connectivity index (χ0v) is 11.2. The summed E-state index contributed by atoms with van der Waals surface area (Å²) in [5.41, 5.74) is 0.989. The zero-order chi connectivity index (χ0) is 12.4. The van der Waals surface area contributed by atoms with E-state index in [1.54, 1.807) is 6.33 Å². The van der Waals surface area contributed by atoms with Crippen molar-refractivity contribution in [1.29, 1.82) is 0 Å². The molecule has 5 nitrogen and oxygen atoms in total. The topological polar surface area (TPSA) is 59.9 Å². The second-order valence-electron chi connectivity index (χ2n) is 4.54. The number of nitrogens with zero attached hydrogens (tertiary/aromatic N) is 3. The molecule has 3 heterocycles. The molecule has 1 unspecified atom stereocenters. The fraction of sp³-hybridized carbons (Fsp3) is 0.583. The summed E-state index contributed by atoms with van der Waals surface area (Å²) < 4.78 is 10.0. The minimum Gasteiger partial charge on any atom is -0.376 e. The van der Waals surface area contributed by atoms with Gasteiger partial charge in [0.1, 0.15) is 17.0 Å². The lowest BCUT2D eigenvalue weighted by atomic mass is 10.1. The van der Waals surface area contributed by atoms with Crippen molar-refractivity contribution in [2.75, 3.05) is 18.5 Å². The average molecular weight is 264 g/mol. The fourth-order valence-corrected chi connectivity index (χ4v) is 2.98.